The number of benzene rings is 1. The third-order valence-electron chi connectivity index (χ3n) is 3.90. The van der Waals surface area contributed by atoms with Crippen molar-refractivity contribution in [3.63, 3.8) is 0 Å². The summed E-state index contributed by atoms with van der Waals surface area (Å²) in [6.07, 6.45) is 2.45. The predicted molar refractivity (Wildman–Crippen MR) is 84.7 cm³/mol. The molecule has 20 heavy (non-hydrogen) atoms. The van der Waals surface area contributed by atoms with Gasteiger partial charge >= 0.3 is 0 Å². The lowest BCUT2D eigenvalue weighted by atomic mass is 9.99. The van der Waals surface area contributed by atoms with Gasteiger partial charge in [-0.3, -0.25) is 4.72 Å². The Morgan fingerprint density at radius 3 is 2.20 bits per heavy atom. The first kappa shape index (κ1) is 15.2. The molecule has 1 fully saturated rings. The lowest BCUT2D eigenvalue weighted by molar-refractivity contribution is 0.438. The summed E-state index contributed by atoms with van der Waals surface area (Å²) in [5.41, 5.74) is 1.80. The van der Waals surface area contributed by atoms with Gasteiger partial charge in [-0.05, 0) is 56.9 Å². The lowest BCUT2D eigenvalue weighted by Gasteiger charge is -2.32. The molecule has 0 atom stereocenters. The van der Waals surface area contributed by atoms with Crippen molar-refractivity contribution < 1.29 is 8.42 Å². The molecule has 1 aliphatic heterocycles. The van der Waals surface area contributed by atoms with Gasteiger partial charge in [0.2, 0.25) is 10.0 Å². The van der Waals surface area contributed by atoms with Crippen molar-refractivity contribution in [2.24, 2.45) is 5.92 Å². The zero-order valence-electron chi connectivity index (χ0n) is 12.5. The van der Waals surface area contributed by atoms with Gasteiger partial charge in [-0.25, -0.2) is 8.42 Å². The van der Waals surface area contributed by atoms with Crippen LogP contribution in [0.2, 0.25) is 0 Å². The molecule has 1 aromatic rings. The maximum absolute atomic E-state index is 11.8. The first-order valence-electron chi connectivity index (χ1n) is 7.25. The van der Waals surface area contributed by atoms with E-state index in [1.165, 1.54) is 18.5 Å². The molecule has 0 bridgehead atoms. The van der Waals surface area contributed by atoms with E-state index < -0.39 is 15.3 Å². The Labute approximate surface area is 122 Å². The van der Waals surface area contributed by atoms with Crippen LogP contribution in [0.25, 0.3) is 0 Å². The second-order valence-corrected chi connectivity index (χ2v) is 8.15. The van der Waals surface area contributed by atoms with E-state index in [-0.39, 0.29) is 0 Å². The molecule has 0 aromatic heterocycles. The van der Waals surface area contributed by atoms with Crippen LogP contribution in [-0.4, -0.2) is 26.8 Å². The number of piperidine rings is 1. The van der Waals surface area contributed by atoms with Crippen LogP contribution in [0.3, 0.4) is 0 Å². The zero-order chi connectivity index (χ0) is 14.8. The predicted octanol–water partition coefficient (Wildman–Crippen LogP) is 3.07. The summed E-state index contributed by atoms with van der Waals surface area (Å²) in [6, 6.07) is 7.67. The Morgan fingerprint density at radius 2 is 1.70 bits per heavy atom. The van der Waals surface area contributed by atoms with E-state index >= 15 is 0 Å². The van der Waals surface area contributed by atoms with Gasteiger partial charge in [-0.2, -0.15) is 0 Å². The molecule has 0 unspecified atom stereocenters. The summed E-state index contributed by atoms with van der Waals surface area (Å²) >= 11 is 0. The van der Waals surface area contributed by atoms with Gasteiger partial charge in [0.25, 0.3) is 0 Å². The number of hydrogen-bond acceptors (Lipinski definition) is 3. The van der Waals surface area contributed by atoms with Crippen LogP contribution in [-0.2, 0) is 10.0 Å². The van der Waals surface area contributed by atoms with Crippen LogP contribution >= 0.6 is 0 Å². The Kier molecular flexibility index (Phi) is 4.58. The Hall–Kier alpha value is -1.23. The van der Waals surface area contributed by atoms with E-state index in [2.05, 4.69) is 16.5 Å². The lowest BCUT2D eigenvalue weighted by Crippen LogP contribution is -2.32. The van der Waals surface area contributed by atoms with Crippen molar-refractivity contribution in [1.82, 2.24) is 0 Å². The van der Waals surface area contributed by atoms with E-state index in [1.54, 1.807) is 13.8 Å². The summed E-state index contributed by atoms with van der Waals surface area (Å²) in [5, 5.41) is -0.425. The molecule has 5 heteroatoms. The molecule has 1 N–H and O–H groups in total. The number of nitrogens with zero attached hydrogens (tertiary/aromatic N) is 1. The van der Waals surface area contributed by atoms with Crippen molar-refractivity contribution in [3.05, 3.63) is 24.3 Å². The standard InChI is InChI=1S/C15H24N2O2S/c1-12(2)20(18,19)16-14-4-6-15(7-5-14)17-10-8-13(3)9-11-17/h4-7,12-13,16H,8-11H2,1-3H3. The topological polar surface area (TPSA) is 49.4 Å². The quantitative estimate of drug-likeness (QED) is 0.929. The van der Waals surface area contributed by atoms with Crippen LogP contribution in [0.15, 0.2) is 24.3 Å². The molecule has 0 aliphatic carbocycles. The molecule has 1 aliphatic rings. The van der Waals surface area contributed by atoms with Gasteiger partial charge in [0.1, 0.15) is 0 Å². The third-order valence-corrected chi connectivity index (χ3v) is 5.66. The average Bonchev–Trinajstić information content (AvgIpc) is 2.40. The monoisotopic (exact) mass is 296 g/mol. The molecular formula is C15H24N2O2S. The fourth-order valence-corrected chi connectivity index (χ4v) is 2.99. The molecule has 0 spiro atoms. The summed E-state index contributed by atoms with van der Waals surface area (Å²) in [4.78, 5) is 2.36. The molecule has 0 radical (unpaired) electrons. The summed E-state index contributed by atoms with van der Waals surface area (Å²) in [5.74, 6) is 0.809. The van der Waals surface area contributed by atoms with Crippen molar-refractivity contribution in [1.29, 1.82) is 0 Å². The Morgan fingerprint density at radius 1 is 1.15 bits per heavy atom. The molecular weight excluding hydrogens is 272 g/mol. The van der Waals surface area contributed by atoms with Gasteiger partial charge in [0.15, 0.2) is 0 Å². The first-order chi connectivity index (χ1) is 9.38. The van der Waals surface area contributed by atoms with Crippen LogP contribution < -0.4 is 9.62 Å². The second-order valence-electron chi connectivity index (χ2n) is 5.91. The summed E-state index contributed by atoms with van der Waals surface area (Å²) < 4.78 is 26.2. The number of hydrogen-bond donors (Lipinski definition) is 1. The van der Waals surface area contributed by atoms with Crippen molar-refractivity contribution in [2.45, 2.75) is 38.9 Å². The molecule has 112 valence electrons. The molecule has 0 amide bonds. The van der Waals surface area contributed by atoms with Crippen molar-refractivity contribution in [2.75, 3.05) is 22.7 Å². The van der Waals surface area contributed by atoms with Gasteiger partial charge in [-0.15, -0.1) is 0 Å². The summed E-state index contributed by atoms with van der Waals surface area (Å²) in [6.45, 7) is 7.80. The summed E-state index contributed by atoms with van der Waals surface area (Å²) in [7, 11) is -3.26. The van der Waals surface area contributed by atoms with E-state index in [0.29, 0.717) is 5.69 Å². The fourth-order valence-electron chi connectivity index (χ4n) is 2.29. The van der Waals surface area contributed by atoms with Crippen LogP contribution in [0.4, 0.5) is 11.4 Å². The minimum atomic E-state index is -3.26. The van der Waals surface area contributed by atoms with Gasteiger partial charge < -0.3 is 4.90 Å². The van der Waals surface area contributed by atoms with Crippen LogP contribution in [0, 0.1) is 5.92 Å². The van der Waals surface area contributed by atoms with E-state index in [1.807, 2.05) is 24.3 Å². The molecule has 1 aromatic carbocycles. The minimum absolute atomic E-state index is 0.425. The second kappa shape index (κ2) is 6.04. The maximum atomic E-state index is 11.8. The van der Waals surface area contributed by atoms with Crippen LogP contribution in [0.5, 0.6) is 0 Å². The average molecular weight is 296 g/mol. The normalized spacial score (nSPS) is 17.5. The minimum Gasteiger partial charge on any atom is -0.372 e. The number of rotatable bonds is 4. The molecule has 1 heterocycles. The van der Waals surface area contributed by atoms with E-state index in [0.717, 1.165) is 19.0 Å². The zero-order valence-corrected chi connectivity index (χ0v) is 13.3. The molecule has 1 saturated heterocycles. The SMILES string of the molecule is CC1CCN(c2ccc(NS(=O)(=O)C(C)C)cc2)CC1. The first-order valence-corrected chi connectivity index (χ1v) is 8.80. The highest BCUT2D eigenvalue weighted by Crippen LogP contribution is 2.24. The molecule has 4 nitrogen and oxygen atoms in total. The van der Waals surface area contributed by atoms with Gasteiger partial charge in [0.05, 0.1) is 5.25 Å². The van der Waals surface area contributed by atoms with E-state index in [4.69, 9.17) is 0 Å². The van der Waals surface area contributed by atoms with Crippen LogP contribution in [0.1, 0.15) is 33.6 Å². The number of anilines is 2. The van der Waals surface area contributed by atoms with Gasteiger partial charge in [0, 0.05) is 24.5 Å². The number of sulfonamides is 1. The Balaban J connectivity index is 2.03. The van der Waals surface area contributed by atoms with Crippen molar-refractivity contribution in [3.8, 4) is 0 Å². The highest BCUT2D eigenvalue weighted by molar-refractivity contribution is 7.93. The molecule has 2 rings (SSSR count). The van der Waals surface area contributed by atoms with Crippen molar-refractivity contribution >= 4 is 21.4 Å². The van der Waals surface area contributed by atoms with Gasteiger partial charge in [-0.1, -0.05) is 6.92 Å². The van der Waals surface area contributed by atoms with E-state index in [9.17, 15) is 8.42 Å². The number of nitrogens with one attached hydrogen (secondary N) is 1. The highest BCUT2D eigenvalue weighted by Gasteiger charge is 2.17. The maximum Gasteiger partial charge on any atom is 0.235 e. The smallest absolute Gasteiger partial charge is 0.235 e. The molecule has 0 saturated carbocycles. The third kappa shape index (κ3) is 3.66. The fraction of sp³-hybridized carbons (Fsp3) is 0.600. The highest BCUT2D eigenvalue weighted by atomic mass is 32.2. The largest absolute Gasteiger partial charge is 0.372 e. The Bertz CT molecular complexity index is 529.